The molecule has 0 saturated heterocycles. The molecule has 0 spiro atoms. The largest absolute Gasteiger partial charge is 0.294 e. The summed E-state index contributed by atoms with van der Waals surface area (Å²) in [6.07, 6.45) is 1.89. The van der Waals surface area contributed by atoms with Gasteiger partial charge in [-0.15, -0.1) is 0 Å². The lowest BCUT2D eigenvalue weighted by Crippen LogP contribution is -2.30. The molecule has 0 radical (unpaired) electrons. The Morgan fingerprint density at radius 1 is 0.879 bits per heavy atom. The molecule has 2 aromatic carbocycles. The Labute approximate surface area is 189 Å². The van der Waals surface area contributed by atoms with Gasteiger partial charge >= 0.3 is 0 Å². The summed E-state index contributed by atoms with van der Waals surface area (Å²) in [4.78, 5) is 25.6. The van der Waals surface area contributed by atoms with E-state index in [9.17, 15) is 30.8 Å². The predicted molar refractivity (Wildman–Crippen MR) is 124 cm³/mol. The topological polar surface area (TPSA) is 112 Å². The van der Waals surface area contributed by atoms with Crippen molar-refractivity contribution in [2.45, 2.75) is 13.3 Å². The van der Waals surface area contributed by atoms with Crippen LogP contribution < -0.4 is 5.56 Å². The molecule has 2 heterocycles. The molecule has 0 saturated carbocycles. The fourth-order valence-corrected chi connectivity index (χ4v) is 5.83. The van der Waals surface area contributed by atoms with Gasteiger partial charge in [0, 0.05) is 28.3 Å². The van der Waals surface area contributed by atoms with Gasteiger partial charge in [0.05, 0.1) is 18.0 Å². The molecule has 0 aliphatic heterocycles. The third kappa shape index (κ3) is 3.76. The third-order valence-electron chi connectivity index (χ3n) is 5.30. The van der Waals surface area contributed by atoms with Crippen LogP contribution in [-0.2, 0) is 20.0 Å². The molecule has 0 fully saturated rings. The van der Waals surface area contributed by atoms with Gasteiger partial charge in [-0.25, -0.2) is 25.2 Å². The normalized spacial score (nSPS) is 12.5. The molecule has 0 amide bonds. The molecule has 4 rings (SSSR count). The number of hydrogen-bond acceptors (Lipinski definition) is 6. The summed E-state index contributed by atoms with van der Waals surface area (Å²) in [6.45, 7) is 1.68. The van der Waals surface area contributed by atoms with Gasteiger partial charge in [-0.3, -0.25) is 9.59 Å². The van der Waals surface area contributed by atoms with Gasteiger partial charge in [0.1, 0.15) is 5.82 Å². The van der Waals surface area contributed by atoms with Crippen LogP contribution in [0.15, 0.2) is 53.3 Å². The summed E-state index contributed by atoms with van der Waals surface area (Å²) < 4.78 is 65.6. The molecule has 2 aromatic heterocycles. The summed E-state index contributed by atoms with van der Waals surface area (Å²) in [5.74, 6) is -0.730. The van der Waals surface area contributed by atoms with Gasteiger partial charge < -0.3 is 0 Å². The van der Waals surface area contributed by atoms with Crippen LogP contribution in [0, 0.1) is 5.82 Å². The first-order valence-corrected chi connectivity index (χ1v) is 13.5. The van der Waals surface area contributed by atoms with Crippen LogP contribution in [0.5, 0.6) is 0 Å². The Morgan fingerprint density at radius 3 is 2.03 bits per heavy atom. The van der Waals surface area contributed by atoms with E-state index >= 15 is 0 Å². The maximum absolute atomic E-state index is 13.4. The lowest BCUT2D eigenvalue weighted by atomic mass is 10.0. The molecule has 0 N–H and O–H groups in total. The van der Waals surface area contributed by atoms with Gasteiger partial charge in [-0.1, -0.05) is 19.1 Å². The lowest BCUT2D eigenvalue weighted by molar-refractivity contribution is 0.0988. The van der Waals surface area contributed by atoms with E-state index in [4.69, 9.17) is 0 Å². The van der Waals surface area contributed by atoms with Gasteiger partial charge in [-0.2, -0.15) is 3.97 Å². The molecule has 8 nitrogen and oxygen atoms in total. The van der Waals surface area contributed by atoms with Gasteiger partial charge in [-0.05, 0) is 42.0 Å². The highest BCUT2D eigenvalue weighted by Gasteiger charge is 2.27. The number of fused-ring (bicyclic) bond motifs is 3. The number of halogens is 1. The smallest absolute Gasteiger partial charge is 0.273 e. The van der Waals surface area contributed by atoms with E-state index in [2.05, 4.69) is 0 Å². The molecule has 172 valence electrons. The number of carbonyl (C=O) groups is 1. The van der Waals surface area contributed by atoms with Crippen molar-refractivity contribution in [2.75, 3.05) is 12.5 Å². The fourth-order valence-electron chi connectivity index (χ4n) is 3.88. The molecule has 4 aromatic rings. The molecular weight excluding hydrogens is 471 g/mol. The summed E-state index contributed by atoms with van der Waals surface area (Å²) in [5.41, 5.74) is -0.707. The Bertz CT molecular complexity index is 1730. The van der Waals surface area contributed by atoms with Crippen molar-refractivity contribution in [3.05, 3.63) is 70.3 Å². The fraction of sp³-hybridized carbons (Fsp3) is 0.182. The Hall–Kier alpha value is -3.31. The third-order valence-corrected chi connectivity index (χ3v) is 7.33. The molecule has 0 aliphatic carbocycles. The summed E-state index contributed by atoms with van der Waals surface area (Å²) in [6, 6.07) is 10.6. The quantitative estimate of drug-likeness (QED) is 0.398. The Balaban J connectivity index is 2.32. The minimum atomic E-state index is -4.28. The second kappa shape index (κ2) is 7.63. The first kappa shape index (κ1) is 22.9. The van der Waals surface area contributed by atoms with Crippen LogP contribution >= 0.6 is 0 Å². The Morgan fingerprint density at radius 2 is 1.48 bits per heavy atom. The number of pyridine rings is 1. The molecule has 0 atom stereocenters. The van der Waals surface area contributed by atoms with Crippen molar-refractivity contribution in [3.63, 3.8) is 0 Å². The monoisotopic (exact) mass is 490 g/mol. The van der Waals surface area contributed by atoms with Crippen LogP contribution in [0.4, 0.5) is 4.39 Å². The van der Waals surface area contributed by atoms with Gasteiger partial charge in [0.15, 0.2) is 11.4 Å². The standard InChI is InChI=1S/C22H19FN2O6S2/c1-4-20(26)14-7-10-19-17(11-14)18-12-16(13-5-8-15(23)9-6-13)22(27)25(33(3,30)31)21(18)24(19)32(2,28)29/h5-12H,4H2,1-3H3. The number of nitrogens with zero attached hydrogens (tertiary/aromatic N) is 2. The number of carbonyl (C=O) groups excluding carboxylic acids is 1. The van der Waals surface area contributed by atoms with Crippen molar-refractivity contribution in [2.24, 2.45) is 0 Å². The molecule has 33 heavy (non-hydrogen) atoms. The van der Waals surface area contributed by atoms with Crippen LogP contribution in [0.1, 0.15) is 23.7 Å². The number of benzene rings is 2. The molecule has 0 bridgehead atoms. The van der Waals surface area contributed by atoms with Crippen LogP contribution in [0.3, 0.4) is 0 Å². The van der Waals surface area contributed by atoms with E-state index in [0.29, 0.717) is 9.54 Å². The van der Waals surface area contributed by atoms with Crippen LogP contribution in [-0.4, -0.2) is 43.1 Å². The zero-order valence-electron chi connectivity index (χ0n) is 17.9. The van der Waals surface area contributed by atoms with E-state index < -0.39 is 31.4 Å². The minimum absolute atomic E-state index is 0.0623. The van der Waals surface area contributed by atoms with Crippen molar-refractivity contribution in [3.8, 4) is 11.1 Å². The summed E-state index contributed by atoms with van der Waals surface area (Å²) >= 11 is 0. The number of ketones is 1. The molecule has 11 heteroatoms. The first-order chi connectivity index (χ1) is 15.3. The van der Waals surface area contributed by atoms with Crippen molar-refractivity contribution in [1.29, 1.82) is 0 Å². The van der Waals surface area contributed by atoms with Crippen molar-refractivity contribution in [1.82, 2.24) is 7.94 Å². The summed E-state index contributed by atoms with van der Waals surface area (Å²) in [5, 5.41) is 0.431. The van der Waals surface area contributed by atoms with Crippen LogP contribution in [0.2, 0.25) is 0 Å². The second-order valence-electron chi connectivity index (χ2n) is 7.67. The van der Waals surface area contributed by atoms with Gasteiger partial charge in [0.25, 0.3) is 5.56 Å². The van der Waals surface area contributed by atoms with Crippen molar-refractivity contribution >= 4 is 47.8 Å². The highest BCUT2D eigenvalue weighted by Crippen LogP contribution is 2.33. The molecule has 0 unspecified atom stereocenters. The number of Topliss-reactive ketones (excluding diaryl/α,β-unsaturated/α-hetero) is 1. The van der Waals surface area contributed by atoms with E-state index in [-0.39, 0.29) is 45.3 Å². The average molecular weight is 491 g/mol. The van der Waals surface area contributed by atoms with E-state index in [0.717, 1.165) is 28.6 Å². The van der Waals surface area contributed by atoms with E-state index in [1.807, 2.05) is 0 Å². The van der Waals surface area contributed by atoms with E-state index in [1.165, 1.54) is 36.4 Å². The predicted octanol–water partition coefficient (Wildman–Crippen LogP) is 2.97. The maximum Gasteiger partial charge on any atom is 0.273 e. The minimum Gasteiger partial charge on any atom is -0.294 e. The zero-order chi connectivity index (χ0) is 24.3. The number of hydrogen-bond donors (Lipinski definition) is 0. The SMILES string of the molecule is CCC(=O)c1ccc2c(c1)c1cc(-c3ccc(F)cc3)c(=O)n(S(C)(=O)=O)c1n2S(C)(=O)=O. The van der Waals surface area contributed by atoms with Crippen molar-refractivity contribution < 1.29 is 26.0 Å². The maximum atomic E-state index is 13.4. The average Bonchev–Trinajstić information content (AvgIpc) is 3.05. The number of aromatic nitrogens is 2. The molecule has 0 aliphatic rings. The van der Waals surface area contributed by atoms with E-state index in [1.54, 1.807) is 6.92 Å². The highest BCUT2D eigenvalue weighted by molar-refractivity contribution is 7.90. The van der Waals surface area contributed by atoms with Gasteiger partial charge in [0.2, 0.25) is 20.0 Å². The second-order valence-corrected chi connectivity index (χ2v) is 11.3. The lowest BCUT2D eigenvalue weighted by Gasteiger charge is -2.12. The molecular formula is C22H19FN2O6S2. The van der Waals surface area contributed by atoms with Crippen LogP contribution in [0.25, 0.3) is 33.1 Å². The Kier molecular flexibility index (Phi) is 5.29. The zero-order valence-corrected chi connectivity index (χ0v) is 19.5. The first-order valence-electron chi connectivity index (χ1n) is 9.79. The summed E-state index contributed by atoms with van der Waals surface area (Å²) in [7, 11) is -8.36. The number of rotatable bonds is 5. The highest BCUT2D eigenvalue weighted by atomic mass is 32.2.